The van der Waals surface area contributed by atoms with Crippen LogP contribution in [0.15, 0.2) is 89.4 Å². The molecule has 0 saturated carbocycles. The standard InChI is InChI=1S/C27H27N3O4S2/c1-5-15-29(16-6-2)36(32,33)23-12-10-21(11-13-23)26(31)30(18-22-8-7-17-34-22)27-28-25-20(4)19(3)9-14-24(25)35-27/h5-14,17H,1-2,15-16,18H2,3-4H3. The first-order valence-corrected chi connectivity index (χ1v) is 13.5. The number of carbonyl (C=O) groups excluding carboxylic acids is 1. The van der Waals surface area contributed by atoms with E-state index in [4.69, 9.17) is 9.40 Å². The van der Waals surface area contributed by atoms with Gasteiger partial charge in [0, 0.05) is 18.7 Å². The monoisotopic (exact) mass is 521 g/mol. The predicted molar refractivity (Wildman–Crippen MR) is 144 cm³/mol. The molecule has 0 bridgehead atoms. The first-order valence-electron chi connectivity index (χ1n) is 11.3. The van der Waals surface area contributed by atoms with Crippen LogP contribution in [0.3, 0.4) is 0 Å². The summed E-state index contributed by atoms with van der Waals surface area (Å²) < 4.78 is 33.8. The summed E-state index contributed by atoms with van der Waals surface area (Å²) in [5.41, 5.74) is 3.39. The third kappa shape index (κ3) is 5.04. The molecular formula is C27H27N3O4S2. The van der Waals surface area contributed by atoms with Crippen molar-refractivity contribution < 1.29 is 17.6 Å². The van der Waals surface area contributed by atoms with Crippen LogP contribution in [0.25, 0.3) is 10.2 Å². The molecule has 2 aromatic heterocycles. The van der Waals surface area contributed by atoms with Crippen LogP contribution in [-0.4, -0.2) is 36.7 Å². The van der Waals surface area contributed by atoms with Crippen LogP contribution in [0.1, 0.15) is 27.2 Å². The Hall–Kier alpha value is -3.53. The molecule has 36 heavy (non-hydrogen) atoms. The van der Waals surface area contributed by atoms with Gasteiger partial charge in [-0.15, -0.1) is 13.2 Å². The summed E-state index contributed by atoms with van der Waals surface area (Å²) in [4.78, 5) is 20.1. The summed E-state index contributed by atoms with van der Waals surface area (Å²) >= 11 is 1.43. The largest absolute Gasteiger partial charge is 0.467 e. The van der Waals surface area contributed by atoms with E-state index in [0.717, 1.165) is 21.3 Å². The number of fused-ring (bicyclic) bond motifs is 1. The Morgan fingerprint density at radius 2 is 1.75 bits per heavy atom. The summed E-state index contributed by atoms with van der Waals surface area (Å²) in [6, 6.07) is 13.5. The van der Waals surface area contributed by atoms with Gasteiger partial charge in [0.15, 0.2) is 5.13 Å². The smallest absolute Gasteiger partial charge is 0.260 e. The van der Waals surface area contributed by atoms with Crippen molar-refractivity contribution in [3.63, 3.8) is 0 Å². The molecule has 4 aromatic rings. The van der Waals surface area contributed by atoms with Crippen molar-refractivity contribution in [2.75, 3.05) is 18.0 Å². The van der Waals surface area contributed by atoms with E-state index in [9.17, 15) is 13.2 Å². The maximum absolute atomic E-state index is 13.7. The highest BCUT2D eigenvalue weighted by atomic mass is 32.2. The SMILES string of the molecule is C=CCN(CC=C)S(=O)(=O)c1ccc(C(=O)N(Cc2ccco2)c2nc3c(C)c(C)ccc3s2)cc1. The Morgan fingerprint density at radius 1 is 1.06 bits per heavy atom. The minimum atomic E-state index is -3.77. The maximum Gasteiger partial charge on any atom is 0.260 e. The molecule has 0 aliphatic heterocycles. The fourth-order valence-electron chi connectivity index (χ4n) is 3.75. The Bertz CT molecular complexity index is 1490. The zero-order valence-corrected chi connectivity index (χ0v) is 21.8. The number of furan rings is 1. The molecule has 1 amide bonds. The zero-order valence-electron chi connectivity index (χ0n) is 20.2. The fourth-order valence-corrected chi connectivity index (χ4v) is 6.15. The summed E-state index contributed by atoms with van der Waals surface area (Å²) in [7, 11) is -3.77. The molecule has 2 heterocycles. The maximum atomic E-state index is 13.7. The average Bonchev–Trinajstić information content (AvgIpc) is 3.54. The number of sulfonamides is 1. The van der Waals surface area contributed by atoms with Crippen molar-refractivity contribution in [2.24, 2.45) is 0 Å². The molecule has 7 nitrogen and oxygen atoms in total. The normalized spacial score (nSPS) is 11.6. The highest BCUT2D eigenvalue weighted by molar-refractivity contribution is 7.89. The number of aryl methyl sites for hydroxylation is 2. The number of hydrogen-bond donors (Lipinski definition) is 0. The molecule has 4 rings (SSSR count). The number of rotatable bonds is 10. The van der Waals surface area contributed by atoms with Crippen LogP contribution in [-0.2, 0) is 16.6 Å². The number of aromatic nitrogens is 1. The van der Waals surface area contributed by atoms with Gasteiger partial charge in [0.25, 0.3) is 5.91 Å². The highest BCUT2D eigenvalue weighted by Gasteiger charge is 2.26. The van der Waals surface area contributed by atoms with Gasteiger partial charge in [-0.25, -0.2) is 13.4 Å². The van der Waals surface area contributed by atoms with Crippen molar-refractivity contribution in [3.05, 3.63) is 103 Å². The average molecular weight is 522 g/mol. The Kier molecular flexibility index (Phi) is 7.53. The van der Waals surface area contributed by atoms with Gasteiger partial charge in [0.05, 0.1) is 27.9 Å². The summed E-state index contributed by atoms with van der Waals surface area (Å²) in [6.07, 6.45) is 4.60. The second kappa shape index (κ2) is 10.6. The lowest BCUT2D eigenvalue weighted by atomic mass is 10.1. The second-order valence-corrected chi connectivity index (χ2v) is 11.2. The molecule has 186 valence electrons. The number of thiazole rings is 1. The van der Waals surface area contributed by atoms with Crippen LogP contribution in [0.5, 0.6) is 0 Å². The first-order chi connectivity index (χ1) is 17.3. The molecule has 9 heteroatoms. The molecule has 0 radical (unpaired) electrons. The minimum absolute atomic E-state index is 0.0893. The van der Waals surface area contributed by atoms with Crippen molar-refractivity contribution >= 4 is 42.6 Å². The number of anilines is 1. The topological polar surface area (TPSA) is 83.7 Å². The van der Waals surface area contributed by atoms with Crippen LogP contribution in [0.4, 0.5) is 5.13 Å². The van der Waals surface area contributed by atoms with Crippen molar-refractivity contribution in [2.45, 2.75) is 25.3 Å². The van der Waals surface area contributed by atoms with Gasteiger partial charge in [-0.05, 0) is 67.4 Å². The van der Waals surface area contributed by atoms with Crippen molar-refractivity contribution in [1.29, 1.82) is 0 Å². The van der Waals surface area contributed by atoms with Gasteiger partial charge in [-0.2, -0.15) is 4.31 Å². The van der Waals surface area contributed by atoms with Gasteiger partial charge < -0.3 is 4.42 Å². The lowest BCUT2D eigenvalue weighted by Crippen LogP contribution is -2.32. The molecule has 0 saturated heterocycles. The number of benzene rings is 2. The molecule has 0 unspecified atom stereocenters. The summed E-state index contributed by atoms with van der Waals surface area (Å²) in [5, 5.41) is 0.542. The van der Waals surface area contributed by atoms with Crippen LogP contribution in [0, 0.1) is 13.8 Å². The Labute approximate surface area is 215 Å². The summed E-state index contributed by atoms with van der Waals surface area (Å²) in [6.45, 7) is 11.8. The van der Waals surface area contributed by atoms with Gasteiger partial charge >= 0.3 is 0 Å². The van der Waals surface area contributed by atoms with E-state index in [1.807, 2.05) is 26.0 Å². The quantitative estimate of drug-likeness (QED) is 0.249. The van der Waals surface area contributed by atoms with Crippen LogP contribution in [0.2, 0.25) is 0 Å². The van der Waals surface area contributed by atoms with E-state index in [0.29, 0.717) is 16.5 Å². The number of hydrogen-bond acceptors (Lipinski definition) is 6. The lowest BCUT2D eigenvalue weighted by Gasteiger charge is -2.20. The number of carbonyl (C=O) groups is 1. The molecule has 0 N–H and O–H groups in total. The van der Waals surface area contributed by atoms with E-state index >= 15 is 0 Å². The predicted octanol–water partition coefficient (Wildman–Crippen LogP) is 5.72. The summed E-state index contributed by atoms with van der Waals surface area (Å²) in [5.74, 6) is 0.303. The lowest BCUT2D eigenvalue weighted by molar-refractivity contribution is 0.0983. The first kappa shape index (κ1) is 25.6. The van der Waals surface area contributed by atoms with Crippen LogP contribution < -0.4 is 4.90 Å². The van der Waals surface area contributed by atoms with Gasteiger partial charge in [0.1, 0.15) is 5.76 Å². The Balaban J connectivity index is 1.69. The number of nitrogens with zero attached hydrogens (tertiary/aromatic N) is 3. The van der Waals surface area contributed by atoms with Gasteiger partial charge in [-0.1, -0.05) is 29.6 Å². The third-order valence-electron chi connectivity index (χ3n) is 5.85. The van der Waals surface area contributed by atoms with Gasteiger partial charge in [0.2, 0.25) is 10.0 Å². The third-order valence-corrected chi connectivity index (χ3v) is 8.74. The van der Waals surface area contributed by atoms with Crippen LogP contribution >= 0.6 is 11.3 Å². The molecule has 2 aromatic carbocycles. The van der Waals surface area contributed by atoms with E-state index < -0.39 is 10.0 Å². The highest BCUT2D eigenvalue weighted by Crippen LogP contribution is 2.33. The molecule has 0 atom stereocenters. The fraction of sp³-hybridized carbons (Fsp3) is 0.185. The molecule has 0 spiro atoms. The minimum Gasteiger partial charge on any atom is -0.467 e. The second-order valence-electron chi connectivity index (χ2n) is 8.25. The van der Waals surface area contributed by atoms with Crippen molar-refractivity contribution in [3.8, 4) is 0 Å². The van der Waals surface area contributed by atoms with E-state index in [-0.39, 0.29) is 30.4 Å². The van der Waals surface area contributed by atoms with E-state index in [1.165, 1.54) is 52.1 Å². The molecule has 0 aliphatic carbocycles. The van der Waals surface area contributed by atoms with Crippen molar-refractivity contribution in [1.82, 2.24) is 9.29 Å². The molecule has 0 aliphatic rings. The van der Waals surface area contributed by atoms with E-state index in [2.05, 4.69) is 13.2 Å². The molecule has 0 fully saturated rings. The molecular weight excluding hydrogens is 494 g/mol. The Morgan fingerprint density at radius 3 is 2.36 bits per heavy atom. The van der Waals surface area contributed by atoms with Gasteiger partial charge in [-0.3, -0.25) is 9.69 Å². The zero-order chi connectivity index (χ0) is 25.9. The number of amides is 1. The van der Waals surface area contributed by atoms with E-state index in [1.54, 1.807) is 23.3 Å².